The van der Waals surface area contributed by atoms with Crippen LogP contribution in [-0.4, -0.2) is 40.3 Å². The van der Waals surface area contributed by atoms with Crippen LogP contribution in [0.15, 0.2) is 55.1 Å². The van der Waals surface area contributed by atoms with Crippen molar-refractivity contribution < 1.29 is 19.0 Å². The number of aromatic nitrogens is 3. The average molecular weight is 498 g/mol. The van der Waals surface area contributed by atoms with Crippen molar-refractivity contribution in [2.45, 2.75) is 32.4 Å². The van der Waals surface area contributed by atoms with Crippen molar-refractivity contribution in [3.05, 3.63) is 71.5 Å². The van der Waals surface area contributed by atoms with Gasteiger partial charge in [0.25, 0.3) is 0 Å². The number of hydrogen-bond donors (Lipinski definition) is 1. The number of aromatic carboxylic acids is 1. The van der Waals surface area contributed by atoms with E-state index in [0.717, 1.165) is 6.04 Å². The van der Waals surface area contributed by atoms with Gasteiger partial charge in [0.1, 0.15) is 18.2 Å². The molecule has 6 nitrogen and oxygen atoms in total. The van der Waals surface area contributed by atoms with Crippen molar-refractivity contribution >= 4 is 36.7 Å². The van der Waals surface area contributed by atoms with Gasteiger partial charge >= 0.3 is 5.97 Å². The number of fused-ring (bicyclic) bond motifs is 1. The van der Waals surface area contributed by atoms with Crippen LogP contribution in [0.4, 0.5) is 4.39 Å². The van der Waals surface area contributed by atoms with E-state index in [2.05, 4.69) is 29.6 Å². The number of ether oxygens (including phenoxy) is 1. The van der Waals surface area contributed by atoms with Gasteiger partial charge in [-0.25, -0.2) is 14.2 Å². The second kappa shape index (κ2) is 9.66. The van der Waals surface area contributed by atoms with Crippen LogP contribution in [0.5, 0.6) is 0 Å². The van der Waals surface area contributed by atoms with Gasteiger partial charge < -0.3 is 14.4 Å². The predicted octanol–water partition coefficient (Wildman–Crippen LogP) is 6.57. The average Bonchev–Trinajstić information content (AvgIpc) is 3.16. The largest absolute Gasteiger partial charge is 0.478 e. The van der Waals surface area contributed by atoms with Gasteiger partial charge in [-0.2, -0.15) is 0 Å². The first kappa shape index (κ1) is 24.1. The minimum atomic E-state index is -1.24. The lowest BCUT2D eigenvalue weighted by molar-refractivity contribution is 0.0696. The summed E-state index contributed by atoms with van der Waals surface area (Å²) in [4.78, 5) is 20.0. The summed E-state index contributed by atoms with van der Waals surface area (Å²) in [6.07, 6.45) is 6.17. The first-order chi connectivity index (χ1) is 16.2. The molecule has 0 saturated heterocycles. The van der Waals surface area contributed by atoms with E-state index in [-0.39, 0.29) is 18.1 Å². The molecule has 0 fully saturated rings. The smallest absolute Gasteiger partial charge is 0.337 e. The zero-order chi connectivity index (χ0) is 24.5. The van der Waals surface area contributed by atoms with E-state index in [1.165, 1.54) is 24.5 Å². The predicted molar refractivity (Wildman–Crippen MR) is 134 cm³/mol. The fourth-order valence-corrected chi connectivity index (χ4v) is 4.75. The van der Waals surface area contributed by atoms with Gasteiger partial charge in [0.2, 0.25) is 0 Å². The number of hydrogen-bond acceptors (Lipinski definition) is 4. The van der Waals surface area contributed by atoms with E-state index in [1.807, 2.05) is 4.57 Å². The fourth-order valence-electron chi connectivity index (χ4n) is 3.65. The molecule has 0 unspecified atom stereocenters. The number of benzene rings is 1. The van der Waals surface area contributed by atoms with Crippen LogP contribution in [0.25, 0.3) is 33.3 Å². The van der Waals surface area contributed by atoms with Crippen LogP contribution < -0.4 is 0 Å². The van der Waals surface area contributed by atoms with Crippen LogP contribution in [0.3, 0.4) is 0 Å². The van der Waals surface area contributed by atoms with Crippen molar-refractivity contribution in [3.63, 3.8) is 0 Å². The molecular weight excluding hydrogens is 473 g/mol. The van der Waals surface area contributed by atoms with Crippen LogP contribution in [0, 0.1) is 5.82 Å². The highest BCUT2D eigenvalue weighted by Gasteiger charge is 2.21. The fraction of sp³-hybridized carbons (Fsp3) is 0.240. The summed E-state index contributed by atoms with van der Waals surface area (Å²) in [5, 5.41) is 10.2. The Morgan fingerprint density at radius 2 is 1.91 bits per heavy atom. The van der Waals surface area contributed by atoms with Gasteiger partial charge in [-0.3, -0.25) is 4.98 Å². The number of pyridine rings is 2. The molecule has 0 amide bonds. The quantitative estimate of drug-likeness (QED) is 0.220. The van der Waals surface area contributed by atoms with Crippen LogP contribution in [0.1, 0.15) is 10.4 Å². The summed E-state index contributed by atoms with van der Waals surface area (Å²) in [6, 6.07) is 8.99. The van der Waals surface area contributed by atoms with Crippen molar-refractivity contribution in [2.75, 3.05) is 6.61 Å². The number of carbonyl (C=O) groups is 1. The SMILES string of the molecule is C[Si](C)(C)CCOCn1cc(-c2ccccc2F)c2c(Cl)c(-c3cncc(C(=O)O)c3)cnc21. The maximum absolute atomic E-state index is 14.8. The highest BCUT2D eigenvalue weighted by molar-refractivity contribution is 6.76. The molecule has 0 spiro atoms. The summed E-state index contributed by atoms with van der Waals surface area (Å²) in [5.41, 5.74) is 2.60. The Morgan fingerprint density at radius 1 is 1.15 bits per heavy atom. The lowest BCUT2D eigenvalue weighted by Crippen LogP contribution is -2.22. The minimum absolute atomic E-state index is 0.0383. The van der Waals surface area contributed by atoms with E-state index in [4.69, 9.17) is 16.3 Å². The highest BCUT2D eigenvalue weighted by Crippen LogP contribution is 2.40. The van der Waals surface area contributed by atoms with Crippen molar-refractivity contribution in [3.8, 4) is 22.3 Å². The van der Waals surface area contributed by atoms with Crippen molar-refractivity contribution in [1.82, 2.24) is 14.5 Å². The van der Waals surface area contributed by atoms with Crippen LogP contribution in [-0.2, 0) is 11.5 Å². The molecule has 0 saturated carbocycles. The summed E-state index contributed by atoms with van der Waals surface area (Å²) in [7, 11) is -1.24. The lowest BCUT2D eigenvalue weighted by Gasteiger charge is -2.15. The van der Waals surface area contributed by atoms with Gasteiger partial charge in [-0.15, -0.1) is 0 Å². The third-order valence-electron chi connectivity index (χ3n) is 5.51. The van der Waals surface area contributed by atoms with E-state index in [0.29, 0.717) is 44.9 Å². The van der Waals surface area contributed by atoms with Crippen molar-refractivity contribution in [2.24, 2.45) is 0 Å². The van der Waals surface area contributed by atoms with Crippen LogP contribution in [0.2, 0.25) is 30.7 Å². The first-order valence-corrected chi connectivity index (χ1v) is 14.9. The number of carboxylic acid groups (broad SMARTS) is 1. The Kier molecular flexibility index (Phi) is 6.83. The lowest BCUT2D eigenvalue weighted by atomic mass is 10.0. The Labute approximate surface area is 203 Å². The Morgan fingerprint density at radius 3 is 2.62 bits per heavy atom. The third kappa shape index (κ3) is 5.04. The van der Waals surface area contributed by atoms with Gasteiger partial charge in [-0.1, -0.05) is 49.4 Å². The molecule has 0 aliphatic carbocycles. The molecule has 9 heteroatoms. The summed E-state index contributed by atoms with van der Waals surface area (Å²) in [6.45, 7) is 7.75. The van der Waals surface area contributed by atoms with Gasteiger partial charge in [0.15, 0.2) is 0 Å². The summed E-state index contributed by atoms with van der Waals surface area (Å²) in [5.74, 6) is -1.47. The monoisotopic (exact) mass is 497 g/mol. The second-order valence-corrected chi connectivity index (χ2v) is 15.3. The maximum atomic E-state index is 14.8. The summed E-state index contributed by atoms with van der Waals surface area (Å²) < 4.78 is 22.5. The van der Waals surface area contributed by atoms with Gasteiger partial charge in [0, 0.05) is 67.1 Å². The topological polar surface area (TPSA) is 77.2 Å². The van der Waals surface area contributed by atoms with Gasteiger partial charge in [0.05, 0.1) is 10.6 Å². The molecule has 4 aromatic rings. The zero-order valence-electron chi connectivity index (χ0n) is 19.2. The normalized spacial score (nSPS) is 11.8. The molecule has 3 aromatic heterocycles. The van der Waals surface area contributed by atoms with Crippen molar-refractivity contribution in [1.29, 1.82) is 0 Å². The molecule has 1 N–H and O–H groups in total. The molecule has 0 aliphatic rings. The van der Waals surface area contributed by atoms with E-state index in [9.17, 15) is 14.3 Å². The Balaban J connectivity index is 1.83. The second-order valence-electron chi connectivity index (χ2n) is 9.29. The van der Waals surface area contributed by atoms with E-state index < -0.39 is 14.0 Å². The number of nitrogens with zero attached hydrogens (tertiary/aromatic N) is 3. The molecule has 1 aromatic carbocycles. The molecular formula is C25H25ClFN3O3Si. The standard InChI is InChI=1S/C25H25ClFN3O3Si/c1-34(2,3)9-8-33-15-30-14-20(18-6-4-5-7-21(18)27)22-23(26)19(13-29-24(22)30)16-10-17(25(31)32)12-28-11-16/h4-7,10-14H,8-9,15H2,1-3H3,(H,31,32). The maximum Gasteiger partial charge on any atom is 0.337 e. The van der Waals surface area contributed by atoms with E-state index >= 15 is 0 Å². The Bertz CT molecular complexity index is 1370. The molecule has 34 heavy (non-hydrogen) atoms. The molecule has 0 bridgehead atoms. The van der Waals surface area contributed by atoms with Gasteiger partial charge in [-0.05, 0) is 18.2 Å². The molecule has 0 aliphatic heterocycles. The number of carboxylic acids is 1. The third-order valence-corrected chi connectivity index (χ3v) is 7.61. The first-order valence-electron chi connectivity index (χ1n) is 10.8. The molecule has 0 radical (unpaired) electrons. The molecule has 3 heterocycles. The van der Waals surface area contributed by atoms with E-state index in [1.54, 1.807) is 30.6 Å². The Hall–Kier alpha value is -3.07. The summed E-state index contributed by atoms with van der Waals surface area (Å²) >= 11 is 6.86. The zero-order valence-corrected chi connectivity index (χ0v) is 20.9. The number of rotatable bonds is 8. The molecule has 176 valence electrons. The number of halogens is 2. The molecule has 0 atom stereocenters. The highest BCUT2D eigenvalue weighted by atomic mass is 35.5. The minimum Gasteiger partial charge on any atom is -0.478 e. The molecule has 4 rings (SSSR count). The van der Waals surface area contributed by atoms with Crippen LogP contribution >= 0.6 is 11.6 Å².